The minimum Gasteiger partial charge on any atom is -0.465 e. The first-order valence-corrected chi connectivity index (χ1v) is 7.82. The Labute approximate surface area is 142 Å². The number of hydrogen-bond donors (Lipinski definition) is 3. The van der Waals surface area contributed by atoms with Crippen LogP contribution in [0.4, 0.5) is 9.59 Å². The number of aliphatic hydroxyl groups excluding tert-OH is 1. The Bertz CT molecular complexity index is 528. The Kier molecular flexibility index (Phi) is 7.51. The molecular formula is C17H26N2O5. The molecule has 0 bridgehead atoms. The van der Waals surface area contributed by atoms with Crippen molar-refractivity contribution in [3.63, 3.8) is 0 Å². The number of alkyl carbamates (subject to hydrolysis) is 1. The molecule has 1 atom stereocenters. The van der Waals surface area contributed by atoms with Crippen molar-refractivity contribution in [2.75, 3.05) is 13.2 Å². The molecule has 1 aromatic rings. The maximum atomic E-state index is 11.8. The number of nitrogens with zero attached hydrogens (tertiary/aromatic N) is 1. The smallest absolute Gasteiger partial charge is 0.407 e. The van der Waals surface area contributed by atoms with Gasteiger partial charge in [-0.1, -0.05) is 30.3 Å². The lowest BCUT2D eigenvalue weighted by molar-refractivity contribution is 0.0925. The van der Waals surface area contributed by atoms with Crippen LogP contribution in [0.1, 0.15) is 32.8 Å². The molecule has 0 radical (unpaired) electrons. The van der Waals surface area contributed by atoms with Gasteiger partial charge in [-0.05, 0) is 32.8 Å². The molecule has 0 unspecified atom stereocenters. The van der Waals surface area contributed by atoms with Crippen molar-refractivity contribution >= 4 is 12.2 Å². The number of carbonyl (C=O) groups excluding carboxylic acids is 1. The van der Waals surface area contributed by atoms with Gasteiger partial charge < -0.3 is 25.2 Å². The largest absolute Gasteiger partial charge is 0.465 e. The highest BCUT2D eigenvalue weighted by molar-refractivity contribution is 5.68. The number of amides is 2. The highest BCUT2D eigenvalue weighted by atomic mass is 16.5. The van der Waals surface area contributed by atoms with Gasteiger partial charge >= 0.3 is 12.2 Å². The van der Waals surface area contributed by atoms with Crippen LogP contribution in [-0.4, -0.2) is 52.0 Å². The van der Waals surface area contributed by atoms with Crippen molar-refractivity contribution in [2.45, 2.75) is 45.4 Å². The second-order valence-electron chi connectivity index (χ2n) is 6.48. The van der Waals surface area contributed by atoms with Gasteiger partial charge in [-0.2, -0.15) is 0 Å². The molecule has 7 nitrogen and oxygen atoms in total. The molecule has 1 aromatic carbocycles. The van der Waals surface area contributed by atoms with E-state index in [1.54, 1.807) is 20.8 Å². The summed E-state index contributed by atoms with van der Waals surface area (Å²) < 4.78 is 5.09. The van der Waals surface area contributed by atoms with E-state index in [1.807, 2.05) is 30.3 Å². The summed E-state index contributed by atoms with van der Waals surface area (Å²) in [6, 6.07) is 8.67. The first-order chi connectivity index (χ1) is 11.2. The lowest BCUT2D eigenvalue weighted by atomic mass is 10.1. The van der Waals surface area contributed by atoms with Gasteiger partial charge in [0.1, 0.15) is 6.61 Å². The molecule has 0 saturated carbocycles. The average Bonchev–Trinajstić information content (AvgIpc) is 2.51. The highest BCUT2D eigenvalue weighted by Crippen LogP contribution is 2.14. The van der Waals surface area contributed by atoms with Crippen LogP contribution in [-0.2, 0) is 11.3 Å². The molecular weight excluding hydrogens is 312 g/mol. The van der Waals surface area contributed by atoms with Crippen molar-refractivity contribution < 1.29 is 24.5 Å². The molecule has 2 amide bonds. The fourth-order valence-electron chi connectivity index (χ4n) is 2.14. The van der Waals surface area contributed by atoms with E-state index in [9.17, 15) is 19.8 Å². The monoisotopic (exact) mass is 338 g/mol. The Morgan fingerprint density at radius 1 is 1.25 bits per heavy atom. The van der Waals surface area contributed by atoms with Gasteiger partial charge in [-0.25, -0.2) is 9.59 Å². The third-order valence-corrected chi connectivity index (χ3v) is 3.50. The summed E-state index contributed by atoms with van der Waals surface area (Å²) in [4.78, 5) is 24.3. The number of carbonyl (C=O) groups is 2. The minimum atomic E-state index is -1.04. The van der Waals surface area contributed by atoms with Crippen LogP contribution in [0, 0.1) is 0 Å². The summed E-state index contributed by atoms with van der Waals surface area (Å²) in [6.45, 7) is 5.40. The third kappa shape index (κ3) is 6.87. The van der Waals surface area contributed by atoms with E-state index < -0.39 is 23.8 Å². The lowest BCUT2D eigenvalue weighted by Crippen LogP contribution is -2.48. The highest BCUT2D eigenvalue weighted by Gasteiger charge is 2.26. The summed E-state index contributed by atoms with van der Waals surface area (Å²) in [5, 5.41) is 21.2. The van der Waals surface area contributed by atoms with Gasteiger partial charge in [0.2, 0.25) is 0 Å². The predicted octanol–water partition coefficient (Wildman–Crippen LogP) is 2.44. The van der Waals surface area contributed by atoms with E-state index in [1.165, 1.54) is 4.90 Å². The maximum Gasteiger partial charge on any atom is 0.407 e. The number of nitrogens with one attached hydrogen (secondary N) is 1. The predicted molar refractivity (Wildman–Crippen MR) is 89.7 cm³/mol. The minimum absolute atomic E-state index is 0.133. The summed E-state index contributed by atoms with van der Waals surface area (Å²) in [6.07, 6.45) is -1.39. The van der Waals surface area contributed by atoms with Crippen LogP contribution in [0.2, 0.25) is 0 Å². The fraction of sp³-hybridized carbons (Fsp3) is 0.529. The zero-order valence-corrected chi connectivity index (χ0v) is 14.4. The lowest BCUT2D eigenvalue weighted by Gasteiger charge is -2.34. The molecule has 0 aliphatic rings. The molecule has 0 fully saturated rings. The van der Waals surface area contributed by atoms with Gasteiger partial charge in [0.25, 0.3) is 0 Å². The van der Waals surface area contributed by atoms with Crippen LogP contribution >= 0.6 is 0 Å². The first kappa shape index (κ1) is 19.8. The quantitative estimate of drug-likeness (QED) is 0.709. The molecule has 0 spiro atoms. The van der Waals surface area contributed by atoms with Gasteiger partial charge in [0.15, 0.2) is 0 Å². The number of aliphatic hydroxyl groups is 1. The molecule has 1 rings (SSSR count). The normalized spacial score (nSPS) is 12.3. The van der Waals surface area contributed by atoms with Crippen LogP contribution in [0.15, 0.2) is 30.3 Å². The van der Waals surface area contributed by atoms with Gasteiger partial charge in [-0.3, -0.25) is 0 Å². The second kappa shape index (κ2) is 9.12. The molecule has 24 heavy (non-hydrogen) atoms. The first-order valence-electron chi connectivity index (χ1n) is 7.82. The Morgan fingerprint density at radius 3 is 2.38 bits per heavy atom. The van der Waals surface area contributed by atoms with E-state index in [2.05, 4.69) is 5.32 Å². The topological polar surface area (TPSA) is 99.1 Å². The Hall–Kier alpha value is -2.28. The summed E-state index contributed by atoms with van der Waals surface area (Å²) in [5.41, 5.74) is 0.303. The van der Waals surface area contributed by atoms with E-state index in [0.29, 0.717) is 6.42 Å². The van der Waals surface area contributed by atoms with Crippen molar-refractivity contribution in [1.82, 2.24) is 10.2 Å². The zero-order chi connectivity index (χ0) is 18.2. The molecule has 7 heteroatoms. The number of ether oxygens (including phenoxy) is 1. The molecule has 134 valence electrons. The van der Waals surface area contributed by atoms with Gasteiger partial charge in [0, 0.05) is 12.1 Å². The molecule has 0 aliphatic heterocycles. The number of hydrogen-bond acceptors (Lipinski definition) is 4. The number of rotatable bonds is 7. The van der Waals surface area contributed by atoms with Gasteiger partial charge in [-0.15, -0.1) is 0 Å². The van der Waals surface area contributed by atoms with E-state index in [-0.39, 0.29) is 19.8 Å². The second-order valence-corrected chi connectivity index (χ2v) is 6.48. The summed E-state index contributed by atoms with van der Waals surface area (Å²) in [5.74, 6) is 0. The van der Waals surface area contributed by atoms with Crippen LogP contribution in [0.3, 0.4) is 0 Å². The molecule has 0 saturated heterocycles. The zero-order valence-electron chi connectivity index (χ0n) is 14.4. The van der Waals surface area contributed by atoms with Gasteiger partial charge in [0.05, 0.1) is 12.6 Å². The van der Waals surface area contributed by atoms with Crippen molar-refractivity contribution in [3.8, 4) is 0 Å². The SMILES string of the molecule is CC(C)(C)N(CC[C@H](CO)NC(=O)OCc1ccccc1)C(=O)O. The summed E-state index contributed by atoms with van der Waals surface area (Å²) >= 11 is 0. The molecule has 0 aliphatic carbocycles. The third-order valence-electron chi connectivity index (χ3n) is 3.50. The molecule has 0 aromatic heterocycles. The van der Waals surface area contributed by atoms with E-state index >= 15 is 0 Å². The van der Waals surface area contributed by atoms with Crippen molar-refractivity contribution in [1.29, 1.82) is 0 Å². The van der Waals surface area contributed by atoms with E-state index in [0.717, 1.165) is 5.56 Å². The van der Waals surface area contributed by atoms with Crippen LogP contribution in [0.5, 0.6) is 0 Å². The number of carboxylic acid groups (broad SMARTS) is 1. The van der Waals surface area contributed by atoms with Crippen molar-refractivity contribution in [3.05, 3.63) is 35.9 Å². The fourth-order valence-corrected chi connectivity index (χ4v) is 2.14. The number of benzene rings is 1. The van der Waals surface area contributed by atoms with Crippen LogP contribution in [0.25, 0.3) is 0 Å². The van der Waals surface area contributed by atoms with E-state index in [4.69, 9.17) is 4.74 Å². The average molecular weight is 338 g/mol. The van der Waals surface area contributed by atoms with Crippen molar-refractivity contribution in [2.24, 2.45) is 0 Å². The summed E-state index contributed by atoms with van der Waals surface area (Å²) in [7, 11) is 0. The van der Waals surface area contributed by atoms with Crippen LogP contribution < -0.4 is 5.32 Å². The molecule has 0 heterocycles. The maximum absolute atomic E-state index is 11.8. The Morgan fingerprint density at radius 2 is 1.88 bits per heavy atom. The standard InChI is InChI=1S/C17H26N2O5/c1-17(2,3)19(16(22)23)10-9-14(11-20)18-15(21)24-12-13-7-5-4-6-8-13/h4-8,14,20H,9-12H2,1-3H3,(H,18,21)(H,22,23)/t14-/m1/s1. The Balaban J connectivity index is 2.45. The molecule has 3 N–H and O–H groups in total.